The van der Waals surface area contributed by atoms with Gasteiger partial charge in [-0.15, -0.1) is 0 Å². The number of esters is 2. The summed E-state index contributed by atoms with van der Waals surface area (Å²) in [7, 11) is -4.41. The minimum Gasteiger partial charge on any atom is -0.462 e. The Morgan fingerprint density at radius 3 is 1.07 bits per heavy atom. The van der Waals surface area contributed by atoms with Gasteiger partial charge in [0.15, 0.2) is 6.10 Å². The van der Waals surface area contributed by atoms with Gasteiger partial charge < -0.3 is 20.1 Å². The Morgan fingerprint density at radius 2 is 0.712 bits per heavy atom. The second-order valence-corrected chi connectivity index (χ2v) is 18.8. The molecule has 0 aliphatic carbocycles. The van der Waals surface area contributed by atoms with Gasteiger partial charge in [0.1, 0.15) is 6.61 Å². The summed E-state index contributed by atoms with van der Waals surface area (Å²) in [6.07, 6.45) is 84.1. The van der Waals surface area contributed by atoms with Crippen molar-refractivity contribution in [1.82, 2.24) is 0 Å². The van der Waals surface area contributed by atoms with Crippen LogP contribution in [0.15, 0.2) is 170 Å². The number of carbonyl (C=O) groups is 2. The van der Waals surface area contributed by atoms with Crippen LogP contribution in [0, 0.1) is 0 Å². The van der Waals surface area contributed by atoms with Crippen LogP contribution in [0.3, 0.4) is 0 Å². The van der Waals surface area contributed by atoms with E-state index in [4.69, 9.17) is 24.3 Å². The van der Waals surface area contributed by atoms with E-state index < -0.39 is 32.5 Å². The molecule has 0 rings (SSSR count). The van der Waals surface area contributed by atoms with Crippen LogP contribution in [0.25, 0.3) is 0 Å². The molecule has 0 saturated heterocycles. The molecular weight excluding hydrogens is 930 g/mol. The number of unbranched alkanes of at least 4 members (excludes halogenated alkanes) is 8. The Hall–Kier alpha value is -4.63. The summed E-state index contributed by atoms with van der Waals surface area (Å²) in [6, 6.07) is 0. The molecule has 2 unspecified atom stereocenters. The van der Waals surface area contributed by atoms with Gasteiger partial charge in [-0.3, -0.25) is 18.6 Å². The average Bonchev–Trinajstić information content (AvgIpc) is 3.38. The lowest BCUT2D eigenvalue weighted by atomic mass is 10.1. The third-order valence-electron chi connectivity index (χ3n) is 10.6. The maximum atomic E-state index is 12.7. The molecule has 2 atom stereocenters. The molecule has 0 aromatic rings. The van der Waals surface area contributed by atoms with Gasteiger partial charge in [-0.2, -0.15) is 0 Å². The van der Waals surface area contributed by atoms with Crippen molar-refractivity contribution in [3.8, 4) is 0 Å². The molecule has 9 nitrogen and oxygen atoms in total. The lowest BCUT2D eigenvalue weighted by Gasteiger charge is -2.19. The lowest BCUT2D eigenvalue weighted by molar-refractivity contribution is -0.161. The zero-order chi connectivity index (χ0) is 53.1. The third kappa shape index (κ3) is 56.5. The molecule has 0 aromatic carbocycles. The number of rotatable bonds is 49. The highest BCUT2D eigenvalue weighted by Crippen LogP contribution is 2.43. The molecule has 0 fully saturated rings. The van der Waals surface area contributed by atoms with Crippen molar-refractivity contribution in [3.63, 3.8) is 0 Å². The maximum Gasteiger partial charge on any atom is 0.472 e. The molecule has 0 aliphatic rings. The number of carbonyl (C=O) groups excluding carboxylic acids is 2. The van der Waals surface area contributed by atoms with E-state index in [1.54, 1.807) is 0 Å². The van der Waals surface area contributed by atoms with E-state index in [0.29, 0.717) is 12.8 Å². The zero-order valence-electron chi connectivity index (χ0n) is 45.3. The molecule has 0 bridgehead atoms. The Balaban J connectivity index is 4.13. The SMILES string of the molecule is CC/C=C\C/C=C\C/C=C\C/C=C\C/C=C\C/C=C\C/C=C\C/C=C\C/C=C\C/C=C\C/C=C\CCCCCC(=O)OC(COC(=O)CCCCCCC/C=C\C/C=C\C/C=C\CC)COP(=O)(O)OCCN. The summed E-state index contributed by atoms with van der Waals surface area (Å²) < 4.78 is 32.9. The molecule has 0 radical (unpaired) electrons. The molecule has 0 spiro atoms. The van der Waals surface area contributed by atoms with Gasteiger partial charge in [0, 0.05) is 19.4 Å². The first-order valence-corrected chi connectivity index (χ1v) is 29.1. The van der Waals surface area contributed by atoms with E-state index in [9.17, 15) is 19.0 Å². The molecule has 0 saturated carbocycles. The van der Waals surface area contributed by atoms with Gasteiger partial charge in [-0.05, 0) is 128 Å². The third-order valence-corrected chi connectivity index (χ3v) is 11.6. The van der Waals surface area contributed by atoms with Crippen LogP contribution >= 0.6 is 7.82 Å². The predicted molar refractivity (Wildman–Crippen MR) is 311 cm³/mol. The van der Waals surface area contributed by atoms with Crippen LogP contribution in [0.2, 0.25) is 0 Å². The monoisotopic (exact) mass is 1030 g/mol. The van der Waals surface area contributed by atoms with E-state index in [1.165, 1.54) is 0 Å². The first-order chi connectivity index (χ1) is 35.8. The van der Waals surface area contributed by atoms with Crippen molar-refractivity contribution >= 4 is 19.8 Å². The fourth-order valence-corrected chi connectivity index (χ4v) is 7.36. The highest BCUT2D eigenvalue weighted by Gasteiger charge is 2.26. The van der Waals surface area contributed by atoms with Gasteiger partial charge >= 0.3 is 19.8 Å². The Kier molecular flexibility index (Phi) is 53.1. The second kappa shape index (κ2) is 56.7. The summed E-state index contributed by atoms with van der Waals surface area (Å²) in [6.45, 7) is 3.41. The average molecular weight is 1030 g/mol. The Labute approximate surface area is 444 Å². The second-order valence-electron chi connectivity index (χ2n) is 17.3. The van der Waals surface area contributed by atoms with E-state index in [2.05, 4.69) is 184 Å². The van der Waals surface area contributed by atoms with Crippen molar-refractivity contribution in [3.05, 3.63) is 170 Å². The van der Waals surface area contributed by atoms with Gasteiger partial charge in [-0.25, -0.2) is 4.57 Å². The smallest absolute Gasteiger partial charge is 0.462 e. The minimum absolute atomic E-state index is 0.0351. The number of hydrogen-bond acceptors (Lipinski definition) is 8. The molecule has 73 heavy (non-hydrogen) atoms. The molecule has 0 aromatic heterocycles. The molecule has 0 heterocycles. The Bertz CT molecular complexity index is 1790. The number of nitrogens with two attached hydrogens (primary N) is 1. The maximum absolute atomic E-state index is 12.7. The first kappa shape index (κ1) is 68.4. The van der Waals surface area contributed by atoms with Gasteiger partial charge in [0.25, 0.3) is 0 Å². The molecular formula is C63H98NO8P. The van der Waals surface area contributed by atoms with E-state index in [1.807, 2.05) is 0 Å². The fraction of sp³-hybridized carbons (Fsp3) is 0.524. The topological polar surface area (TPSA) is 134 Å². The molecule has 0 amide bonds. The van der Waals surface area contributed by atoms with Crippen molar-refractivity contribution in [2.75, 3.05) is 26.4 Å². The molecule has 10 heteroatoms. The van der Waals surface area contributed by atoms with Crippen molar-refractivity contribution in [2.24, 2.45) is 5.73 Å². The quantitative estimate of drug-likeness (QED) is 0.0264. The summed E-state index contributed by atoms with van der Waals surface area (Å²) in [5, 5.41) is 0. The summed E-state index contributed by atoms with van der Waals surface area (Å²) in [4.78, 5) is 35.0. The molecule has 3 N–H and O–H groups in total. The highest BCUT2D eigenvalue weighted by atomic mass is 31.2. The van der Waals surface area contributed by atoms with Crippen LogP contribution in [0.4, 0.5) is 0 Å². The molecule has 0 aliphatic heterocycles. The van der Waals surface area contributed by atoms with Crippen LogP contribution in [0.1, 0.15) is 181 Å². The minimum atomic E-state index is -4.41. The van der Waals surface area contributed by atoms with E-state index in [-0.39, 0.29) is 32.6 Å². The van der Waals surface area contributed by atoms with Gasteiger partial charge in [-0.1, -0.05) is 210 Å². The normalized spacial score (nSPS) is 14.4. The largest absolute Gasteiger partial charge is 0.472 e. The number of hydrogen-bond donors (Lipinski definition) is 2. The predicted octanol–water partition coefficient (Wildman–Crippen LogP) is 17.5. The van der Waals surface area contributed by atoms with Crippen molar-refractivity contribution in [1.29, 1.82) is 0 Å². The number of allylic oxidation sites excluding steroid dienone is 28. The van der Waals surface area contributed by atoms with Crippen LogP contribution in [-0.4, -0.2) is 49.3 Å². The van der Waals surface area contributed by atoms with Crippen molar-refractivity contribution < 1.29 is 37.6 Å². The van der Waals surface area contributed by atoms with Gasteiger partial charge in [0.2, 0.25) is 0 Å². The van der Waals surface area contributed by atoms with Crippen LogP contribution < -0.4 is 5.73 Å². The fourth-order valence-electron chi connectivity index (χ4n) is 6.59. The Morgan fingerprint density at radius 1 is 0.411 bits per heavy atom. The van der Waals surface area contributed by atoms with Crippen molar-refractivity contribution in [2.45, 2.75) is 187 Å². The highest BCUT2D eigenvalue weighted by molar-refractivity contribution is 7.47. The summed E-state index contributed by atoms with van der Waals surface area (Å²) >= 11 is 0. The first-order valence-electron chi connectivity index (χ1n) is 27.6. The summed E-state index contributed by atoms with van der Waals surface area (Å²) in [5.41, 5.74) is 5.36. The number of phosphoric acid groups is 1. The van der Waals surface area contributed by atoms with E-state index >= 15 is 0 Å². The summed E-state index contributed by atoms with van der Waals surface area (Å²) in [5.74, 6) is -0.904. The number of ether oxygens (including phenoxy) is 2. The van der Waals surface area contributed by atoms with Crippen LogP contribution in [-0.2, 0) is 32.7 Å². The van der Waals surface area contributed by atoms with E-state index in [0.717, 1.165) is 141 Å². The number of phosphoric ester groups is 1. The standard InChI is InChI=1S/C63H98NO8P/c1-3-5-7-9-11-13-15-17-19-20-21-22-23-24-25-26-27-28-29-30-31-32-33-34-35-36-37-38-39-40-42-44-46-48-50-52-54-56-63(66)72-61(60-71-73(67,68)70-58-57-64)59-69-62(65)55-53-51-49-47-45-43-41-18-16-14-12-10-8-6-4-2/h5-8,11-14,17-19,21-22,24-25,27-28,30-31,33-34,36-37,39-41,44,46,61H,3-4,9-10,15-16,20,23,26,29,32,35,38,42-43,45,47-60,64H2,1-2H3,(H,67,68)/b7-5-,8-6-,13-11-,14-12-,19-17-,22-21-,25-24-,28-27-,31-30-,34-33-,37-36-,40-39-,41-18-,46-44-. The lowest BCUT2D eigenvalue weighted by Crippen LogP contribution is -2.29. The zero-order valence-corrected chi connectivity index (χ0v) is 46.2. The van der Waals surface area contributed by atoms with Gasteiger partial charge in [0.05, 0.1) is 13.2 Å². The molecule has 408 valence electrons. The van der Waals surface area contributed by atoms with Crippen LogP contribution in [0.5, 0.6) is 0 Å².